The second-order valence-electron chi connectivity index (χ2n) is 4.25. The van der Waals surface area contributed by atoms with Crippen LogP contribution in [0.5, 0.6) is 0 Å². The molecule has 0 radical (unpaired) electrons. The Bertz CT molecular complexity index is 808. The first-order valence-electron chi connectivity index (χ1n) is 5.72. The molecular weight excluding hydrogens is 326 g/mol. The van der Waals surface area contributed by atoms with E-state index in [1.807, 2.05) is 36.4 Å². The quantitative estimate of drug-likeness (QED) is 0.692. The van der Waals surface area contributed by atoms with E-state index in [4.69, 9.17) is 11.6 Å². The van der Waals surface area contributed by atoms with Gasteiger partial charge >= 0.3 is 0 Å². The van der Waals surface area contributed by atoms with Crippen LogP contribution in [0.15, 0.2) is 57.8 Å². The molecule has 0 saturated carbocycles. The zero-order chi connectivity index (χ0) is 13.4. The summed E-state index contributed by atoms with van der Waals surface area (Å²) in [6.45, 7) is 0. The number of benzene rings is 2. The van der Waals surface area contributed by atoms with E-state index in [1.54, 1.807) is 12.1 Å². The summed E-state index contributed by atoms with van der Waals surface area (Å²) in [5.74, 6) is 0. The summed E-state index contributed by atoms with van der Waals surface area (Å²) in [6.07, 6.45) is 0. The van der Waals surface area contributed by atoms with Crippen LogP contribution in [-0.2, 0) is 0 Å². The third kappa shape index (κ3) is 2.44. The molecule has 1 aromatic heterocycles. The predicted molar refractivity (Wildman–Crippen MR) is 82.7 cm³/mol. The molecule has 0 bridgehead atoms. The summed E-state index contributed by atoms with van der Waals surface area (Å²) < 4.78 is 1.01. The minimum absolute atomic E-state index is 0.127. The summed E-state index contributed by atoms with van der Waals surface area (Å²) in [5, 5.41) is 2.05. The van der Waals surface area contributed by atoms with Crippen LogP contribution < -0.4 is 5.56 Å². The zero-order valence-corrected chi connectivity index (χ0v) is 12.1. The molecule has 0 aliphatic carbocycles. The molecule has 19 heavy (non-hydrogen) atoms. The first-order chi connectivity index (χ1) is 9.13. The van der Waals surface area contributed by atoms with Crippen molar-refractivity contribution in [2.45, 2.75) is 0 Å². The molecule has 0 aliphatic heterocycles. The lowest BCUT2D eigenvalue weighted by Gasteiger charge is -2.04. The molecule has 0 unspecified atom stereocenters. The number of aromatic amines is 1. The summed E-state index contributed by atoms with van der Waals surface area (Å²) >= 11 is 9.30. The highest BCUT2D eigenvalue weighted by atomic mass is 79.9. The van der Waals surface area contributed by atoms with E-state index in [0.717, 1.165) is 21.1 Å². The predicted octanol–water partition coefficient (Wildman–Crippen LogP) is 4.61. The Morgan fingerprint density at radius 1 is 1.00 bits per heavy atom. The van der Waals surface area contributed by atoms with Crippen molar-refractivity contribution in [3.63, 3.8) is 0 Å². The minimum atomic E-state index is -0.127. The van der Waals surface area contributed by atoms with Gasteiger partial charge in [0.15, 0.2) is 0 Å². The van der Waals surface area contributed by atoms with Gasteiger partial charge in [-0.25, -0.2) is 0 Å². The number of rotatable bonds is 1. The summed E-state index contributed by atoms with van der Waals surface area (Å²) in [4.78, 5) is 15.0. The molecule has 0 atom stereocenters. The number of hydrogen-bond donors (Lipinski definition) is 1. The maximum Gasteiger partial charge on any atom is 0.256 e. The number of H-pyrrole nitrogens is 1. The van der Waals surface area contributed by atoms with E-state index in [0.29, 0.717) is 10.4 Å². The molecule has 3 rings (SSSR count). The van der Waals surface area contributed by atoms with E-state index >= 15 is 0 Å². The molecule has 0 saturated heterocycles. The monoisotopic (exact) mass is 333 g/mol. The fraction of sp³-hybridized carbons (Fsp3) is 0. The Kier molecular flexibility index (Phi) is 3.17. The third-order valence-electron chi connectivity index (χ3n) is 2.96. The molecule has 3 aromatic rings. The van der Waals surface area contributed by atoms with Gasteiger partial charge in [0.05, 0.1) is 0 Å². The van der Waals surface area contributed by atoms with Gasteiger partial charge in [0, 0.05) is 20.6 Å². The lowest BCUT2D eigenvalue weighted by atomic mass is 10.1. The van der Waals surface area contributed by atoms with Crippen LogP contribution in [0.3, 0.4) is 0 Å². The number of fused-ring (bicyclic) bond motifs is 1. The molecule has 0 aliphatic rings. The van der Waals surface area contributed by atoms with Crippen LogP contribution in [0.4, 0.5) is 0 Å². The van der Waals surface area contributed by atoms with Gasteiger partial charge in [-0.2, -0.15) is 0 Å². The SMILES string of the molecule is O=c1[nH]c(-c2ccc(Br)cc2)cc2ccc(Cl)cc12. The van der Waals surface area contributed by atoms with Crippen molar-refractivity contribution in [1.29, 1.82) is 0 Å². The molecule has 0 amide bonds. The Morgan fingerprint density at radius 3 is 2.47 bits per heavy atom. The molecule has 4 heteroatoms. The van der Waals surface area contributed by atoms with Crippen LogP contribution in [0.2, 0.25) is 5.02 Å². The molecule has 94 valence electrons. The standard InChI is InChI=1S/C15H9BrClNO/c16-11-4-1-9(2-5-11)14-7-10-3-6-12(17)8-13(10)15(19)18-14/h1-8H,(H,18,19). The third-order valence-corrected chi connectivity index (χ3v) is 3.73. The van der Waals surface area contributed by atoms with Crippen molar-refractivity contribution in [1.82, 2.24) is 4.98 Å². The van der Waals surface area contributed by atoms with Crippen molar-refractivity contribution < 1.29 is 0 Å². The minimum Gasteiger partial charge on any atom is -0.321 e. The lowest BCUT2D eigenvalue weighted by molar-refractivity contribution is 1.28. The average Bonchev–Trinajstić information content (AvgIpc) is 2.40. The molecular formula is C15H9BrClNO. The van der Waals surface area contributed by atoms with Crippen molar-refractivity contribution in [2.24, 2.45) is 0 Å². The smallest absolute Gasteiger partial charge is 0.256 e. The number of pyridine rings is 1. The normalized spacial score (nSPS) is 10.8. The van der Waals surface area contributed by atoms with E-state index in [1.165, 1.54) is 0 Å². The van der Waals surface area contributed by atoms with Crippen molar-refractivity contribution in [3.8, 4) is 11.3 Å². The topological polar surface area (TPSA) is 32.9 Å². The van der Waals surface area contributed by atoms with E-state index in [9.17, 15) is 4.79 Å². The van der Waals surface area contributed by atoms with Gasteiger partial charge in [-0.05, 0) is 41.3 Å². The van der Waals surface area contributed by atoms with Gasteiger partial charge in [0.25, 0.3) is 5.56 Å². The molecule has 0 spiro atoms. The number of nitrogens with one attached hydrogen (secondary N) is 1. The molecule has 2 nitrogen and oxygen atoms in total. The fourth-order valence-corrected chi connectivity index (χ4v) is 2.45. The Hall–Kier alpha value is -1.58. The van der Waals surface area contributed by atoms with Gasteiger partial charge in [-0.1, -0.05) is 45.7 Å². The van der Waals surface area contributed by atoms with Crippen molar-refractivity contribution >= 4 is 38.3 Å². The highest BCUT2D eigenvalue weighted by molar-refractivity contribution is 9.10. The maximum atomic E-state index is 12.1. The number of hydrogen-bond acceptors (Lipinski definition) is 1. The van der Waals surface area contributed by atoms with Gasteiger partial charge < -0.3 is 4.98 Å². The molecule has 1 heterocycles. The number of aromatic nitrogens is 1. The Balaban J connectivity index is 2.24. The van der Waals surface area contributed by atoms with Crippen LogP contribution in [0.1, 0.15) is 0 Å². The van der Waals surface area contributed by atoms with Crippen LogP contribution in [0.25, 0.3) is 22.0 Å². The Morgan fingerprint density at radius 2 is 1.74 bits per heavy atom. The second kappa shape index (κ2) is 4.83. The zero-order valence-electron chi connectivity index (χ0n) is 9.78. The van der Waals surface area contributed by atoms with Gasteiger partial charge in [0.2, 0.25) is 0 Å². The first-order valence-corrected chi connectivity index (χ1v) is 6.89. The summed E-state index contributed by atoms with van der Waals surface area (Å²) in [5.41, 5.74) is 1.64. The average molecular weight is 335 g/mol. The fourth-order valence-electron chi connectivity index (χ4n) is 2.02. The number of halogens is 2. The van der Waals surface area contributed by atoms with Crippen LogP contribution in [-0.4, -0.2) is 4.98 Å². The van der Waals surface area contributed by atoms with E-state index in [2.05, 4.69) is 20.9 Å². The van der Waals surface area contributed by atoms with Gasteiger partial charge in [0.1, 0.15) is 0 Å². The van der Waals surface area contributed by atoms with Crippen LogP contribution >= 0.6 is 27.5 Å². The van der Waals surface area contributed by atoms with E-state index in [-0.39, 0.29) is 5.56 Å². The molecule has 1 N–H and O–H groups in total. The first kappa shape index (κ1) is 12.5. The summed E-state index contributed by atoms with van der Waals surface area (Å²) in [7, 11) is 0. The van der Waals surface area contributed by atoms with Crippen LogP contribution in [0, 0.1) is 0 Å². The molecule has 2 aromatic carbocycles. The maximum absolute atomic E-state index is 12.1. The van der Waals surface area contributed by atoms with Crippen molar-refractivity contribution in [2.75, 3.05) is 0 Å². The lowest BCUT2D eigenvalue weighted by Crippen LogP contribution is -2.07. The Labute approximate surface area is 123 Å². The summed E-state index contributed by atoms with van der Waals surface area (Å²) in [6, 6.07) is 15.1. The van der Waals surface area contributed by atoms with E-state index < -0.39 is 0 Å². The van der Waals surface area contributed by atoms with Crippen molar-refractivity contribution in [3.05, 3.63) is 68.4 Å². The highest BCUT2D eigenvalue weighted by Gasteiger charge is 2.04. The van der Waals surface area contributed by atoms with Gasteiger partial charge in [-0.3, -0.25) is 4.79 Å². The highest BCUT2D eigenvalue weighted by Crippen LogP contribution is 2.23. The second-order valence-corrected chi connectivity index (χ2v) is 5.60. The largest absolute Gasteiger partial charge is 0.321 e. The van der Waals surface area contributed by atoms with Gasteiger partial charge in [-0.15, -0.1) is 0 Å². The molecule has 0 fully saturated rings.